The number of nitrogens with zero attached hydrogens (tertiary/aromatic N) is 1. The number of nitrogens with one attached hydrogen (secondary N) is 1. The lowest BCUT2D eigenvalue weighted by Gasteiger charge is -2.18. The summed E-state index contributed by atoms with van der Waals surface area (Å²) in [6.45, 7) is -0.387. The number of H-pyrrole nitrogens is 1. The first-order chi connectivity index (χ1) is 9.08. The Bertz CT molecular complexity index is 581. The summed E-state index contributed by atoms with van der Waals surface area (Å²) in [4.78, 5) is 24.8. The summed E-state index contributed by atoms with van der Waals surface area (Å²) in [5.74, 6) is -0.599. The zero-order chi connectivity index (χ0) is 14.0. The Hall–Kier alpha value is -1.41. The lowest BCUT2D eigenvalue weighted by Crippen LogP contribution is -2.34. The molecule has 8 heteroatoms. The van der Waals surface area contributed by atoms with Crippen molar-refractivity contribution in [3.8, 4) is 0 Å². The van der Waals surface area contributed by atoms with Crippen molar-refractivity contribution in [2.75, 3.05) is 6.61 Å². The van der Waals surface area contributed by atoms with Crippen LogP contribution in [0.3, 0.4) is 0 Å². The van der Waals surface area contributed by atoms with Gasteiger partial charge >= 0.3 is 5.69 Å². The zero-order valence-corrected chi connectivity index (χ0v) is 10.5. The fraction of sp³-hybridized carbons (Fsp3) is 0.455. The third kappa shape index (κ3) is 2.64. The SMILES string of the molecule is O=c1ccn([C@@H]2O[C@H](CO)[C@@H](O)[C@@H]2/C=C\Cl)c(=O)[nH]1. The van der Waals surface area contributed by atoms with Crippen LogP contribution >= 0.6 is 11.6 Å². The van der Waals surface area contributed by atoms with E-state index in [1.165, 1.54) is 23.9 Å². The third-order valence-electron chi connectivity index (χ3n) is 3.02. The molecule has 0 aromatic carbocycles. The smallest absolute Gasteiger partial charge is 0.330 e. The molecular weight excluding hydrogens is 276 g/mol. The normalized spacial score (nSPS) is 31.1. The second-order valence-corrected chi connectivity index (χ2v) is 4.40. The molecule has 1 aliphatic rings. The van der Waals surface area contributed by atoms with Crippen LogP contribution in [0.4, 0.5) is 0 Å². The van der Waals surface area contributed by atoms with Gasteiger partial charge in [-0.15, -0.1) is 0 Å². The van der Waals surface area contributed by atoms with E-state index >= 15 is 0 Å². The summed E-state index contributed by atoms with van der Waals surface area (Å²) in [7, 11) is 0. The van der Waals surface area contributed by atoms with Gasteiger partial charge in [-0.25, -0.2) is 4.79 Å². The minimum atomic E-state index is -0.996. The Morgan fingerprint density at radius 1 is 1.53 bits per heavy atom. The van der Waals surface area contributed by atoms with Gasteiger partial charge in [0.25, 0.3) is 5.56 Å². The molecule has 0 amide bonds. The maximum atomic E-state index is 11.7. The number of ether oxygens (including phenoxy) is 1. The molecule has 0 radical (unpaired) electrons. The molecule has 1 aromatic rings. The fourth-order valence-corrected chi connectivity index (χ4v) is 2.26. The van der Waals surface area contributed by atoms with Crippen molar-refractivity contribution >= 4 is 11.6 Å². The predicted molar refractivity (Wildman–Crippen MR) is 66.8 cm³/mol. The van der Waals surface area contributed by atoms with Crippen LogP contribution in [0.25, 0.3) is 0 Å². The van der Waals surface area contributed by atoms with Crippen LogP contribution in [-0.4, -0.2) is 38.6 Å². The largest absolute Gasteiger partial charge is 0.394 e. The van der Waals surface area contributed by atoms with Crippen molar-refractivity contribution in [3.63, 3.8) is 0 Å². The maximum Gasteiger partial charge on any atom is 0.330 e. The van der Waals surface area contributed by atoms with Crippen LogP contribution in [0.5, 0.6) is 0 Å². The molecule has 0 unspecified atom stereocenters. The molecule has 7 nitrogen and oxygen atoms in total. The predicted octanol–water partition coefficient (Wildman–Crippen LogP) is -0.844. The first-order valence-electron chi connectivity index (χ1n) is 5.61. The Morgan fingerprint density at radius 2 is 2.26 bits per heavy atom. The second kappa shape index (κ2) is 5.70. The van der Waals surface area contributed by atoms with Crippen molar-refractivity contribution in [3.05, 3.63) is 44.7 Å². The average Bonchev–Trinajstić information content (AvgIpc) is 2.68. The van der Waals surface area contributed by atoms with Gasteiger partial charge in [0.2, 0.25) is 0 Å². The van der Waals surface area contributed by atoms with Crippen molar-refractivity contribution in [2.45, 2.75) is 18.4 Å². The van der Waals surface area contributed by atoms with Gasteiger partial charge in [-0.2, -0.15) is 0 Å². The van der Waals surface area contributed by atoms with Crippen molar-refractivity contribution in [1.82, 2.24) is 9.55 Å². The second-order valence-electron chi connectivity index (χ2n) is 4.15. The summed E-state index contributed by atoms with van der Waals surface area (Å²) in [6.07, 6.45) is 0.0920. The molecule has 0 aliphatic carbocycles. The molecule has 1 saturated heterocycles. The van der Waals surface area contributed by atoms with Crippen LogP contribution in [0.15, 0.2) is 33.5 Å². The summed E-state index contributed by atoms with van der Waals surface area (Å²) in [5, 5.41) is 19.1. The van der Waals surface area contributed by atoms with E-state index in [9.17, 15) is 14.7 Å². The Morgan fingerprint density at radius 3 is 2.84 bits per heavy atom. The van der Waals surface area contributed by atoms with Crippen LogP contribution in [-0.2, 0) is 4.74 Å². The topological polar surface area (TPSA) is 105 Å². The molecule has 3 N–H and O–H groups in total. The highest BCUT2D eigenvalue weighted by molar-refractivity contribution is 6.25. The number of aromatic nitrogens is 2. The highest BCUT2D eigenvalue weighted by Crippen LogP contribution is 2.34. The van der Waals surface area contributed by atoms with Gasteiger partial charge in [0.15, 0.2) is 0 Å². The number of hydrogen-bond acceptors (Lipinski definition) is 5. The summed E-state index contributed by atoms with van der Waals surface area (Å²) >= 11 is 5.50. The molecule has 0 spiro atoms. The van der Waals surface area contributed by atoms with Gasteiger partial charge in [0.05, 0.1) is 18.6 Å². The summed E-state index contributed by atoms with van der Waals surface area (Å²) < 4.78 is 6.57. The number of aromatic amines is 1. The van der Waals surface area contributed by atoms with Gasteiger partial charge in [-0.3, -0.25) is 14.3 Å². The minimum absolute atomic E-state index is 0.387. The molecule has 104 valence electrons. The Labute approximate surface area is 112 Å². The van der Waals surface area contributed by atoms with E-state index in [1.54, 1.807) is 0 Å². The van der Waals surface area contributed by atoms with E-state index < -0.39 is 35.6 Å². The van der Waals surface area contributed by atoms with Crippen LogP contribution in [0.1, 0.15) is 6.23 Å². The van der Waals surface area contributed by atoms with E-state index in [-0.39, 0.29) is 6.61 Å². The first-order valence-corrected chi connectivity index (χ1v) is 6.05. The van der Waals surface area contributed by atoms with Gasteiger partial charge in [-0.1, -0.05) is 17.7 Å². The van der Waals surface area contributed by atoms with Crippen LogP contribution in [0.2, 0.25) is 0 Å². The number of hydrogen-bond donors (Lipinski definition) is 3. The molecule has 2 heterocycles. The fourth-order valence-electron chi connectivity index (χ4n) is 2.09. The monoisotopic (exact) mass is 288 g/mol. The van der Waals surface area contributed by atoms with Crippen molar-refractivity contribution in [2.24, 2.45) is 5.92 Å². The highest BCUT2D eigenvalue weighted by Gasteiger charge is 2.43. The van der Waals surface area contributed by atoms with E-state index in [1.807, 2.05) is 0 Å². The first kappa shape index (κ1) is 14.0. The van der Waals surface area contributed by atoms with E-state index in [0.717, 1.165) is 4.57 Å². The molecular formula is C11H13ClN2O5. The standard InChI is InChI=1S/C11H13ClN2O5/c12-3-1-6-9(17)7(5-15)19-10(6)14-4-2-8(16)13-11(14)18/h1-4,6-7,9-10,15,17H,5H2,(H,13,16,18)/b3-1-/t6-,7+,9-,10+/m0/s1. The van der Waals surface area contributed by atoms with E-state index in [4.69, 9.17) is 21.4 Å². The molecule has 1 aliphatic heterocycles. The molecule has 1 aromatic heterocycles. The molecule has 19 heavy (non-hydrogen) atoms. The Kier molecular flexibility index (Phi) is 4.20. The number of aliphatic hydroxyl groups excluding tert-OH is 2. The average molecular weight is 289 g/mol. The number of halogens is 1. The van der Waals surface area contributed by atoms with E-state index in [0.29, 0.717) is 0 Å². The zero-order valence-electron chi connectivity index (χ0n) is 9.77. The third-order valence-corrected chi connectivity index (χ3v) is 3.16. The maximum absolute atomic E-state index is 11.7. The quantitative estimate of drug-likeness (QED) is 0.672. The molecule has 0 saturated carbocycles. The van der Waals surface area contributed by atoms with Gasteiger partial charge in [0, 0.05) is 17.8 Å². The summed E-state index contributed by atoms with van der Waals surface area (Å²) in [6, 6.07) is 1.17. The molecule has 4 atom stereocenters. The number of rotatable bonds is 3. The lowest BCUT2D eigenvalue weighted by atomic mass is 10.00. The minimum Gasteiger partial charge on any atom is -0.394 e. The van der Waals surface area contributed by atoms with E-state index in [2.05, 4.69) is 4.98 Å². The molecule has 0 bridgehead atoms. The summed E-state index contributed by atoms with van der Waals surface area (Å²) in [5.41, 5.74) is 0.0278. The van der Waals surface area contributed by atoms with Crippen LogP contribution in [0, 0.1) is 5.92 Å². The highest BCUT2D eigenvalue weighted by atomic mass is 35.5. The van der Waals surface area contributed by atoms with Gasteiger partial charge < -0.3 is 14.9 Å². The molecule has 2 rings (SSSR count). The molecule has 1 fully saturated rings. The van der Waals surface area contributed by atoms with Gasteiger partial charge in [0.1, 0.15) is 12.3 Å². The van der Waals surface area contributed by atoms with Crippen molar-refractivity contribution in [1.29, 1.82) is 0 Å². The lowest BCUT2D eigenvalue weighted by molar-refractivity contribution is -0.0471. The van der Waals surface area contributed by atoms with Crippen LogP contribution < -0.4 is 11.2 Å². The number of aliphatic hydroxyl groups is 2. The van der Waals surface area contributed by atoms with Gasteiger partial charge in [-0.05, 0) is 0 Å². The van der Waals surface area contributed by atoms with Crippen molar-refractivity contribution < 1.29 is 14.9 Å². The Balaban J connectivity index is 2.41.